The van der Waals surface area contributed by atoms with Crippen LogP contribution in [-0.2, 0) is 14.3 Å². The number of carbonyl (C=O) groups is 2. The van der Waals surface area contributed by atoms with Crippen molar-refractivity contribution in [2.24, 2.45) is 17.8 Å². The Hall–Kier alpha value is -3.10. The Kier molecular flexibility index (Phi) is 10.3. The van der Waals surface area contributed by atoms with E-state index in [2.05, 4.69) is 56.9 Å². The molecule has 0 unspecified atom stereocenters. The standard InChI is InChI=1S/C40H56N4O4/c1-28-10-15-34(38(22-28)41-20-16-30(17-21-41)39(45)42-18-6-7-19-42)36-25-44(23-31(36)27-47-2)40(46)37-26-43(32-8-4-5-9-32)24-35(37)29-11-13-33(48-3)14-12-29/h10-15,22,30-32,35-37H,4-9,16-21,23-27H2,1-3H3/t31-,35+,36+,37-/m1/s1. The van der Waals surface area contributed by atoms with Gasteiger partial charge in [0.1, 0.15) is 5.75 Å². The highest BCUT2D eigenvalue weighted by Gasteiger charge is 2.46. The minimum Gasteiger partial charge on any atom is -0.497 e. The predicted octanol–water partition coefficient (Wildman–Crippen LogP) is 5.69. The maximum Gasteiger partial charge on any atom is 0.227 e. The van der Waals surface area contributed by atoms with Crippen LogP contribution in [0.5, 0.6) is 5.75 Å². The predicted molar refractivity (Wildman–Crippen MR) is 190 cm³/mol. The molecule has 4 atom stereocenters. The third kappa shape index (κ3) is 6.84. The van der Waals surface area contributed by atoms with Crippen LogP contribution >= 0.6 is 0 Å². The van der Waals surface area contributed by atoms with E-state index in [1.807, 2.05) is 12.1 Å². The van der Waals surface area contributed by atoms with Crippen LogP contribution in [0.2, 0.25) is 0 Å². The van der Waals surface area contributed by atoms with E-state index >= 15 is 0 Å². The van der Waals surface area contributed by atoms with E-state index in [0.717, 1.165) is 83.8 Å². The summed E-state index contributed by atoms with van der Waals surface area (Å²) in [6.07, 6.45) is 9.19. The number of aryl methyl sites for hydroxylation is 1. The van der Waals surface area contributed by atoms with Crippen LogP contribution in [0.15, 0.2) is 42.5 Å². The van der Waals surface area contributed by atoms with Crippen LogP contribution in [-0.4, -0.2) is 106 Å². The van der Waals surface area contributed by atoms with Crippen LogP contribution in [0.1, 0.15) is 79.9 Å². The van der Waals surface area contributed by atoms with E-state index in [9.17, 15) is 9.59 Å². The minimum atomic E-state index is -0.0504. The largest absolute Gasteiger partial charge is 0.497 e. The molecule has 2 amide bonds. The van der Waals surface area contributed by atoms with Crippen molar-refractivity contribution in [3.63, 3.8) is 0 Å². The number of carbonyl (C=O) groups excluding carboxylic acids is 2. The Labute approximate surface area is 287 Å². The average Bonchev–Trinajstić information content (AvgIpc) is 3.95. The number of anilines is 1. The van der Waals surface area contributed by atoms with Gasteiger partial charge in [-0.3, -0.25) is 14.5 Å². The molecule has 48 heavy (non-hydrogen) atoms. The summed E-state index contributed by atoms with van der Waals surface area (Å²) in [6.45, 7) is 9.70. The molecule has 1 aliphatic carbocycles. The summed E-state index contributed by atoms with van der Waals surface area (Å²) >= 11 is 0. The first-order valence-electron chi connectivity index (χ1n) is 18.7. The zero-order valence-corrected chi connectivity index (χ0v) is 29.4. The Bertz CT molecular complexity index is 1410. The minimum absolute atomic E-state index is 0.0504. The molecule has 4 heterocycles. The number of hydrogen-bond acceptors (Lipinski definition) is 6. The molecule has 0 spiro atoms. The van der Waals surface area contributed by atoms with Crippen LogP contribution < -0.4 is 9.64 Å². The lowest BCUT2D eigenvalue weighted by Gasteiger charge is -2.37. The molecule has 1 saturated carbocycles. The molecule has 4 aliphatic heterocycles. The number of rotatable bonds is 9. The van der Waals surface area contributed by atoms with E-state index in [0.29, 0.717) is 24.5 Å². The van der Waals surface area contributed by atoms with E-state index < -0.39 is 0 Å². The molecule has 0 N–H and O–H groups in total. The summed E-state index contributed by atoms with van der Waals surface area (Å²) in [5.41, 5.74) is 5.10. The van der Waals surface area contributed by atoms with Crippen molar-refractivity contribution >= 4 is 17.5 Å². The molecule has 8 heteroatoms. The molecule has 0 aromatic heterocycles. The molecule has 2 aromatic carbocycles. The van der Waals surface area contributed by atoms with Gasteiger partial charge in [-0.05, 0) is 80.3 Å². The van der Waals surface area contributed by atoms with Crippen molar-refractivity contribution in [1.29, 1.82) is 0 Å². The normalized spacial score (nSPS) is 27.4. The summed E-state index contributed by atoms with van der Waals surface area (Å²) in [5.74, 6) is 2.24. The van der Waals surface area contributed by atoms with Gasteiger partial charge in [0.25, 0.3) is 0 Å². The van der Waals surface area contributed by atoms with Crippen molar-refractivity contribution in [3.05, 3.63) is 59.2 Å². The second-order valence-corrected chi connectivity index (χ2v) is 15.3. The lowest BCUT2D eigenvalue weighted by atomic mass is 9.86. The molecule has 8 nitrogen and oxygen atoms in total. The Morgan fingerprint density at radius 3 is 2.17 bits per heavy atom. The number of hydrogen-bond donors (Lipinski definition) is 0. The van der Waals surface area contributed by atoms with Crippen LogP contribution in [0.3, 0.4) is 0 Å². The van der Waals surface area contributed by atoms with Gasteiger partial charge in [-0.25, -0.2) is 0 Å². The quantitative estimate of drug-likeness (QED) is 0.346. The number of nitrogens with zero attached hydrogens (tertiary/aromatic N) is 4. The highest BCUT2D eigenvalue weighted by Crippen LogP contribution is 2.43. The molecule has 5 aliphatic rings. The average molecular weight is 657 g/mol. The smallest absolute Gasteiger partial charge is 0.227 e. The van der Waals surface area contributed by atoms with Crippen molar-refractivity contribution in [2.75, 3.05) is 78.1 Å². The lowest BCUT2D eigenvalue weighted by Crippen LogP contribution is -2.42. The zero-order chi connectivity index (χ0) is 33.2. The molecule has 2 aromatic rings. The molecular weight excluding hydrogens is 600 g/mol. The first-order valence-corrected chi connectivity index (χ1v) is 18.7. The molecule has 7 rings (SSSR count). The molecule has 260 valence electrons. The van der Waals surface area contributed by atoms with Crippen molar-refractivity contribution in [1.82, 2.24) is 14.7 Å². The third-order valence-corrected chi connectivity index (χ3v) is 12.4. The van der Waals surface area contributed by atoms with E-state index in [-0.39, 0.29) is 29.6 Å². The topological polar surface area (TPSA) is 65.6 Å². The number of likely N-dealkylation sites (tertiary alicyclic amines) is 3. The summed E-state index contributed by atoms with van der Waals surface area (Å²) < 4.78 is 11.3. The van der Waals surface area contributed by atoms with Gasteiger partial charge in [0.15, 0.2) is 0 Å². The van der Waals surface area contributed by atoms with Crippen molar-refractivity contribution in [2.45, 2.75) is 76.2 Å². The van der Waals surface area contributed by atoms with Crippen LogP contribution in [0.25, 0.3) is 0 Å². The Morgan fingerprint density at radius 1 is 0.750 bits per heavy atom. The molecular formula is C40H56N4O4. The Morgan fingerprint density at radius 2 is 1.48 bits per heavy atom. The van der Waals surface area contributed by atoms with Gasteiger partial charge in [-0.2, -0.15) is 0 Å². The summed E-state index contributed by atoms with van der Waals surface area (Å²) in [7, 11) is 3.49. The maximum atomic E-state index is 14.7. The summed E-state index contributed by atoms with van der Waals surface area (Å²) in [4.78, 5) is 37.3. The SMILES string of the molecule is COC[C@H]1CN(C(=O)[C@@H]2CN(C3CCCC3)C[C@H]2c2ccc(OC)cc2)C[C@@H]1c1ccc(C)cc1N1CCC(C(=O)N2CCCC2)CC1. The number of ether oxygens (including phenoxy) is 2. The van der Waals surface area contributed by atoms with Gasteiger partial charge in [-0.15, -0.1) is 0 Å². The third-order valence-electron chi connectivity index (χ3n) is 12.4. The van der Waals surface area contributed by atoms with Gasteiger partial charge >= 0.3 is 0 Å². The fourth-order valence-electron chi connectivity index (χ4n) is 9.67. The second-order valence-electron chi connectivity index (χ2n) is 15.3. The van der Waals surface area contributed by atoms with Gasteiger partial charge < -0.3 is 24.2 Å². The fourth-order valence-corrected chi connectivity index (χ4v) is 9.67. The molecule has 0 bridgehead atoms. The maximum absolute atomic E-state index is 14.7. The molecule has 5 fully saturated rings. The second kappa shape index (κ2) is 14.8. The summed E-state index contributed by atoms with van der Waals surface area (Å²) in [6, 6.07) is 15.9. The number of piperidine rings is 1. The zero-order valence-electron chi connectivity index (χ0n) is 29.4. The van der Waals surface area contributed by atoms with Gasteiger partial charge in [-0.1, -0.05) is 37.1 Å². The van der Waals surface area contributed by atoms with Gasteiger partial charge in [0.2, 0.25) is 11.8 Å². The van der Waals surface area contributed by atoms with Crippen molar-refractivity contribution < 1.29 is 19.1 Å². The fraction of sp³-hybridized carbons (Fsp3) is 0.650. The van der Waals surface area contributed by atoms with Gasteiger partial charge in [0.05, 0.1) is 19.6 Å². The number of amides is 2. The molecule has 0 radical (unpaired) electrons. The van der Waals surface area contributed by atoms with E-state index in [1.54, 1.807) is 14.2 Å². The summed E-state index contributed by atoms with van der Waals surface area (Å²) in [5, 5.41) is 0. The molecule has 4 saturated heterocycles. The van der Waals surface area contributed by atoms with Crippen LogP contribution in [0.4, 0.5) is 5.69 Å². The monoisotopic (exact) mass is 656 g/mol. The first kappa shape index (κ1) is 33.4. The highest BCUT2D eigenvalue weighted by atomic mass is 16.5. The van der Waals surface area contributed by atoms with Crippen molar-refractivity contribution in [3.8, 4) is 5.75 Å². The highest BCUT2D eigenvalue weighted by molar-refractivity contribution is 5.81. The number of benzene rings is 2. The Balaban J connectivity index is 1.10. The lowest BCUT2D eigenvalue weighted by molar-refractivity contribution is -0.135. The van der Waals surface area contributed by atoms with Crippen LogP contribution in [0, 0.1) is 24.7 Å². The first-order chi connectivity index (χ1) is 23.4. The van der Waals surface area contributed by atoms with E-state index in [1.165, 1.54) is 48.1 Å². The number of methoxy groups -OCH3 is 2. The van der Waals surface area contributed by atoms with Gasteiger partial charge in [0, 0.05) is 94.9 Å². The van der Waals surface area contributed by atoms with E-state index in [4.69, 9.17) is 9.47 Å².